The van der Waals surface area contributed by atoms with Gasteiger partial charge in [-0.05, 0) is 54.6 Å². The van der Waals surface area contributed by atoms with Crippen LogP contribution in [0.4, 0.5) is 0 Å². The van der Waals surface area contributed by atoms with Crippen LogP contribution in [0, 0.1) is 0 Å². The Morgan fingerprint density at radius 1 is 0.596 bits per heavy atom. The Hall–Kier alpha value is -5.95. The highest BCUT2D eigenvalue weighted by Crippen LogP contribution is 2.21. The lowest BCUT2D eigenvalue weighted by molar-refractivity contribution is -0.134. The fourth-order valence-electron chi connectivity index (χ4n) is 6.36. The largest absolute Gasteiger partial charge is 0.368 e. The van der Waals surface area contributed by atoms with E-state index in [-0.39, 0.29) is 19.3 Å². The number of carbonyl (C=O) groups is 5. The molecule has 52 heavy (non-hydrogen) atoms. The number of benzene rings is 3. The molecule has 5 aromatic rings. The Bertz CT molecular complexity index is 2010. The van der Waals surface area contributed by atoms with E-state index in [0.29, 0.717) is 25.8 Å². The molecule has 272 valence electrons. The fraction of sp³-hybridized carbons (Fsp3) is 0.308. The average molecular weight is 707 g/mol. The van der Waals surface area contributed by atoms with E-state index in [1.54, 1.807) is 12.4 Å². The summed E-state index contributed by atoms with van der Waals surface area (Å²) < 4.78 is 0. The lowest BCUT2D eigenvalue weighted by Gasteiger charge is -2.26. The number of hydrogen-bond acceptors (Lipinski definition) is 6. The summed E-state index contributed by atoms with van der Waals surface area (Å²) >= 11 is 0. The van der Waals surface area contributed by atoms with Gasteiger partial charge in [0.1, 0.15) is 24.2 Å². The summed E-state index contributed by atoms with van der Waals surface area (Å²) in [4.78, 5) is 73.1. The number of nitrogens with two attached hydrogens (primary N) is 2. The lowest BCUT2D eigenvalue weighted by atomic mass is 10.00. The number of amides is 5. The minimum absolute atomic E-state index is 0.0803. The summed E-state index contributed by atoms with van der Waals surface area (Å²) in [5, 5.41) is 13.0. The third kappa shape index (κ3) is 9.85. The molecule has 13 nitrogen and oxygen atoms in total. The van der Waals surface area contributed by atoms with E-state index >= 15 is 0 Å². The highest BCUT2D eigenvalue weighted by Gasteiger charge is 2.32. The predicted octanol–water partition coefficient (Wildman–Crippen LogP) is 2.25. The molecule has 2 heterocycles. The van der Waals surface area contributed by atoms with Gasteiger partial charge in [0.05, 0.1) is 0 Å². The van der Waals surface area contributed by atoms with Gasteiger partial charge in [0.2, 0.25) is 29.5 Å². The van der Waals surface area contributed by atoms with Crippen LogP contribution in [0.25, 0.3) is 21.8 Å². The number of rotatable bonds is 18. The van der Waals surface area contributed by atoms with Crippen molar-refractivity contribution in [3.05, 3.63) is 108 Å². The zero-order chi connectivity index (χ0) is 37.0. The maximum Gasteiger partial charge on any atom is 0.243 e. The number of aromatic nitrogens is 2. The zero-order valence-electron chi connectivity index (χ0n) is 29.1. The Morgan fingerprint density at radius 3 is 1.56 bits per heavy atom. The number of para-hydroxylation sites is 2. The summed E-state index contributed by atoms with van der Waals surface area (Å²) in [6.45, 7) is 1.75. The number of fused-ring (bicyclic) bond motifs is 2. The van der Waals surface area contributed by atoms with E-state index in [4.69, 9.17) is 11.5 Å². The van der Waals surface area contributed by atoms with Crippen molar-refractivity contribution in [3.63, 3.8) is 0 Å². The maximum atomic E-state index is 14.2. The van der Waals surface area contributed by atoms with Gasteiger partial charge in [-0.3, -0.25) is 24.0 Å². The van der Waals surface area contributed by atoms with Crippen molar-refractivity contribution in [2.45, 2.75) is 69.6 Å². The first-order chi connectivity index (χ1) is 25.1. The van der Waals surface area contributed by atoms with Crippen molar-refractivity contribution < 1.29 is 24.0 Å². The van der Waals surface area contributed by atoms with Crippen molar-refractivity contribution in [3.8, 4) is 0 Å². The molecule has 0 aliphatic carbocycles. The molecule has 0 spiro atoms. The maximum absolute atomic E-state index is 14.2. The molecule has 0 radical (unpaired) electrons. The van der Waals surface area contributed by atoms with Crippen LogP contribution in [0.1, 0.15) is 42.9 Å². The van der Waals surface area contributed by atoms with Gasteiger partial charge in [-0.25, -0.2) is 0 Å². The number of primary amides is 1. The van der Waals surface area contributed by atoms with E-state index in [0.717, 1.165) is 38.5 Å². The molecule has 0 aliphatic heterocycles. The van der Waals surface area contributed by atoms with Crippen LogP contribution in [-0.4, -0.2) is 70.2 Å². The molecular formula is C39H46N8O5. The fourth-order valence-corrected chi connectivity index (χ4v) is 6.36. The molecule has 0 aliphatic rings. The highest BCUT2D eigenvalue weighted by molar-refractivity contribution is 5.96. The van der Waals surface area contributed by atoms with Gasteiger partial charge in [-0.2, -0.15) is 0 Å². The third-order valence-corrected chi connectivity index (χ3v) is 9.05. The number of unbranched alkanes of at least 4 members (excludes halogenated alkanes) is 1. The van der Waals surface area contributed by atoms with Gasteiger partial charge in [0.25, 0.3) is 0 Å². The van der Waals surface area contributed by atoms with Crippen molar-refractivity contribution in [1.29, 1.82) is 0 Å². The van der Waals surface area contributed by atoms with Gasteiger partial charge < -0.3 is 42.7 Å². The molecule has 3 aromatic carbocycles. The van der Waals surface area contributed by atoms with Crippen LogP contribution >= 0.6 is 0 Å². The standard InChI is InChI=1S/C39H46N8O5/c1-24(48)44-34(20-26-22-42-30-15-7-5-13-28(26)30)38(51)46-33(19-25-11-3-2-4-12-25)37(50)47-35(21-27-23-43-31-16-8-6-14-29(27)31)39(52)45-32(36(41)49)17-9-10-18-40/h2-8,11-16,22-23,32-35,42-43H,9-10,17-21,40H2,1H3,(H2,41,49)(H,44,48)(H,45,52)(H,46,51)(H,47,50)/t32-,33-,34+,35+/m0/s1. The summed E-state index contributed by atoms with van der Waals surface area (Å²) in [7, 11) is 0. The molecular weight excluding hydrogens is 660 g/mol. The molecule has 5 rings (SSSR count). The van der Waals surface area contributed by atoms with Crippen LogP contribution < -0.4 is 32.7 Å². The molecule has 13 heteroatoms. The smallest absolute Gasteiger partial charge is 0.243 e. The molecule has 0 saturated carbocycles. The predicted molar refractivity (Wildman–Crippen MR) is 200 cm³/mol. The van der Waals surface area contributed by atoms with Crippen LogP contribution in [-0.2, 0) is 43.2 Å². The van der Waals surface area contributed by atoms with Gasteiger partial charge in [-0.15, -0.1) is 0 Å². The minimum Gasteiger partial charge on any atom is -0.368 e. The van der Waals surface area contributed by atoms with E-state index < -0.39 is 53.7 Å². The van der Waals surface area contributed by atoms with E-state index in [2.05, 4.69) is 31.2 Å². The highest BCUT2D eigenvalue weighted by atomic mass is 16.2. The topological polar surface area (TPSA) is 217 Å². The normalized spacial score (nSPS) is 13.5. The minimum atomic E-state index is -1.14. The first kappa shape index (κ1) is 37.3. The zero-order valence-corrected chi connectivity index (χ0v) is 29.1. The SMILES string of the molecule is CC(=O)N[C@H](Cc1c[nH]c2ccccc12)C(=O)N[C@@H](Cc1ccccc1)C(=O)N[C@H](Cc1c[nH]c2ccccc12)C(=O)N[C@@H](CCCCN)C(N)=O. The number of carbonyl (C=O) groups excluding carboxylic acids is 5. The van der Waals surface area contributed by atoms with Crippen molar-refractivity contribution in [2.75, 3.05) is 6.54 Å². The molecule has 10 N–H and O–H groups in total. The molecule has 0 bridgehead atoms. The Balaban J connectivity index is 1.41. The van der Waals surface area contributed by atoms with E-state index in [1.165, 1.54) is 6.92 Å². The van der Waals surface area contributed by atoms with Gasteiger partial charge in [0, 0.05) is 60.4 Å². The molecule has 0 saturated heterocycles. The summed E-state index contributed by atoms with van der Waals surface area (Å²) in [5.41, 5.74) is 15.4. The van der Waals surface area contributed by atoms with Gasteiger partial charge in [0.15, 0.2) is 0 Å². The van der Waals surface area contributed by atoms with Crippen LogP contribution in [0.5, 0.6) is 0 Å². The van der Waals surface area contributed by atoms with Crippen molar-refractivity contribution >= 4 is 51.3 Å². The lowest BCUT2D eigenvalue weighted by Crippen LogP contribution is -2.59. The summed E-state index contributed by atoms with van der Waals surface area (Å²) in [6, 6.07) is 20.1. The monoisotopic (exact) mass is 706 g/mol. The van der Waals surface area contributed by atoms with Gasteiger partial charge in [-0.1, -0.05) is 66.7 Å². The number of aromatic amines is 2. The second-order valence-electron chi connectivity index (χ2n) is 12.9. The summed E-state index contributed by atoms with van der Waals surface area (Å²) in [5.74, 6) is -2.89. The van der Waals surface area contributed by atoms with Crippen LogP contribution in [0.3, 0.4) is 0 Å². The molecule has 5 amide bonds. The second kappa shape index (κ2) is 17.8. The van der Waals surface area contributed by atoms with Crippen molar-refractivity contribution in [2.24, 2.45) is 11.5 Å². The average Bonchev–Trinajstić information content (AvgIpc) is 3.74. The Kier molecular flexibility index (Phi) is 12.8. The Labute approximate surface area is 301 Å². The first-order valence-corrected chi connectivity index (χ1v) is 17.4. The molecule has 0 fully saturated rings. The molecule has 0 unspecified atom stereocenters. The van der Waals surface area contributed by atoms with Gasteiger partial charge >= 0.3 is 0 Å². The third-order valence-electron chi connectivity index (χ3n) is 9.05. The second-order valence-corrected chi connectivity index (χ2v) is 12.9. The number of nitrogens with one attached hydrogen (secondary N) is 6. The van der Waals surface area contributed by atoms with Crippen molar-refractivity contribution in [1.82, 2.24) is 31.2 Å². The Morgan fingerprint density at radius 2 is 1.06 bits per heavy atom. The van der Waals surface area contributed by atoms with E-state index in [9.17, 15) is 24.0 Å². The van der Waals surface area contributed by atoms with E-state index in [1.807, 2.05) is 78.9 Å². The quantitative estimate of drug-likeness (QED) is 0.0639. The first-order valence-electron chi connectivity index (χ1n) is 17.4. The summed E-state index contributed by atoms with van der Waals surface area (Å²) in [6.07, 6.45) is 5.43. The van der Waals surface area contributed by atoms with Crippen LogP contribution in [0.2, 0.25) is 0 Å². The number of hydrogen-bond donors (Lipinski definition) is 8. The molecule has 4 atom stereocenters. The van der Waals surface area contributed by atoms with Crippen LogP contribution in [0.15, 0.2) is 91.3 Å². The number of H-pyrrole nitrogens is 2. The molecule has 2 aromatic heterocycles.